The van der Waals surface area contributed by atoms with E-state index in [9.17, 15) is 26.7 Å². The number of carbonyl (C=O) groups is 1. The lowest BCUT2D eigenvalue weighted by Gasteiger charge is -2.08. The van der Waals surface area contributed by atoms with E-state index in [-0.39, 0.29) is 0 Å². The Bertz CT molecular complexity index is 425. The minimum Gasteiger partial charge on any atom is -0.294 e. The van der Waals surface area contributed by atoms with Gasteiger partial charge in [0.05, 0.1) is 5.56 Å². The Hall–Kier alpha value is -1.46. The van der Waals surface area contributed by atoms with Crippen molar-refractivity contribution >= 4 is 5.78 Å². The molecule has 0 aromatic heterocycles. The smallest absolute Gasteiger partial charge is 0.200 e. The maximum absolute atomic E-state index is 13.1. The van der Waals surface area contributed by atoms with Crippen LogP contribution in [0.15, 0.2) is 0 Å². The van der Waals surface area contributed by atoms with E-state index in [1.165, 1.54) is 13.8 Å². The first-order valence-electron chi connectivity index (χ1n) is 5.34. The van der Waals surface area contributed by atoms with Crippen molar-refractivity contribution in [3.8, 4) is 0 Å². The Morgan fingerprint density at radius 3 is 1.33 bits per heavy atom. The summed E-state index contributed by atoms with van der Waals surface area (Å²) < 4.78 is 64.2. The van der Waals surface area contributed by atoms with Gasteiger partial charge >= 0.3 is 0 Å². The number of hydrogen-bond donors (Lipinski definition) is 0. The third-order valence-corrected chi connectivity index (χ3v) is 1.98. The third kappa shape index (κ3) is 2.86. The Morgan fingerprint density at radius 1 is 0.778 bits per heavy atom. The second-order valence-electron chi connectivity index (χ2n) is 3.46. The first-order valence-corrected chi connectivity index (χ1v) is 5.34. The van der Waals surface area contributed by atoms with E-state index in [2.05, 4.69) is 0 Å². The zero-order chi connectivity index (χ0) is 14.6. The summed E-state index contributed by atoms with van der Waals surface area (Å²) in [6, 6.07) is 0. The molecule has 18 heavy (non-hydrogen) atoms. The van der Waals surface area contributed by atoms with Gasteiger partial charge in [-0.05, 0) is 0 Å². The van der Waals surface area contributed by atoms with E-state index in [1.54, 1.807) is 0 Å². The number of carbonyl (C=O) groups excluding carboxylic acids is 1. The van der Waals surface area contributed by atoms with Gasteiger partial charge in [0.15, 0.2) is 29.1 Å². The molecule has 0 aliphatic rings. The highest BCUT2D eigenvalue weighted by atomic mass is 19.2. The molecule has 1 aromatic carbocycles. The molecular weight excluding hydrogens is 255 g/mol. The molecule has 0 N–H and O–H groups in total. The quantitative estimate of drug-likeness (QED) is 0.339. The molecule has 0 amide bonds. The van der Waals surface area contributed by atoms with Gasteiger partial charge in [0.25, 0.3) is 0 Å². The summed E-state index contributed by atoms with van der Waals surface area (Å²) in [6.45, 7) is 6.58. The second kappa shape index (κ2) is 6.47. The first-order chi connectivity index (χ1) is 8.29. The van der Waals surface area contributed by atoms with Crippen molar-refractivity contribution in [2.45, 2.75) is 27.7 Å². The fourth-order valence-corrected chi connectivity index (χ4v) is 1.11. The van der Waals surface area contributed by atoms with Crippen LogP contribution in [0, 0.1) is 35.0 Å². The first kappa shape index (κ1) is 16.5. The molecule has 1 aromatic rings. The molecule has 6 heteroatoms. The molecule has 1 rings (SSSR count). The highest BCUT2D eigenvalue weighted by molar-refractivity contribution is 5.98. The van der Waals surface area contributed by atoms with Crippen LogP contribution in [0.4, 0.5) is 22.0 Å². The number of rotatable bonds is 2. The summed E-state index contributed by atoms with van der Waals surface area (Å²) in [7, 11) is 0. The summed E-state index contributed by atoms with van der Waals surface area (Å²) in [6.07, 6.45) is 0. The summed E-state index contributed by atoms with van der Waals surface area (Å²) in [5, 5.41) is 0. The van der Waals surface area contributed by atoms with Crippen molar-refractivity contribution in [1.29, 1.82) is 0 Å². The van der Waals surface area contributed by atoms with E-state index >= 15 is 0 Å². The fourth-order valence-electron chi connectivity index (χ4n) is 1.11. The van der Waals surface area contributed by atoms with E-state index in [4.69, 9.17) is 0 Å². The van der Waals surface area contributed by atoms with Gasteiger partial charge in [-0.1, -0.05) is 27.7 Å². The zero-order valence-electron chi connectivity index (χ0n) is 10.4. The van der Waals surface area contributed by atoms with E-state index in [1.807, 2.05) is 13.8 Å². The van der Waals surface area contributed by atoms with E-state index in [0.29, 0.717) is 0 Å². The summed E-state index contributed by atoms with van der Waals surface area (Å²) in [5.74, 6) is -12.7. The van der Waals surface area contributed by atoms with Gasteiger partial charge in [0.2, 0.25) is 5.82 Å². The van der Waals surface area contributed by atoms with Crippen LogP contribution >= 0.6 is 0 Å². The standard InChI is InChI=1S/C10H7F5O.C2H6/c1-3(2)10(16)4-5(11)7(13)9(15)8(14)6(4)12;1-2/h3H,1-2H3;1-2H3. The third-order valence-electron chi connectivity index (χ3n) is 1.98. The van der Waals surface area contributed by atoms with Crippen molar-refractivity contribution < 1.29 is 26.7 Å². The van der Waals surface area contributed by atoms with Crippen molar-refractivity contribution in [3.05, 3.63) is 34.6 Å². The lowest BCUT2D eigenvalue weighted by Crippen LogP contribution is -2.16. The average molecular weight is 268 g/mol. The number of benzene rings is 1. The summed E-state index contributed by atoms with van der Waals surface area (Å²) >= 11 is 0. The van der Waals surface area contributed by atoms with Crippen LogP contribution < -0.4 is 0 Å². The van der Waals surface area contributed by atoms with Crippen LogP contribution in [-0.4, -0.2) is 5.78 Å². The predicted octanol–water partition coefficient (Wildman–Crippen LogP) is 4.25. The zero-order valence-corrected chi connectivity index (χ0v) is 10.4. The largest absolute Gasteiger partial charge is 0.294 e. The Labute approximate surface area is 102 Å². The van der Waals surface area contributed by atoms with Gasteiger partial charge in [-0.25, -0.2) is 22.0 Å². The molecule has 0 fully saturated rings. The molecular formula is C12H13F5O. The highest BCUT2D eigenvalue weighted by Crippen LogP contribution is 2.24. The Morgan fingerprint density at radius 2 is 1.06 bits per heavy atom. The summed E-state index contributed by atoms with van der Waals surface area (Å²) in [5.41, 5.74) is -1.38. The van der Waals surface area contributed by atoms with Crippen molar-refractivity contribution in [1.82, 2.24) is 0 Å². The lowest BCUT2D eigenvalue weighted by molar-refractivity contribution is 0.0927. The van der Waals surface area contributed by atoms with Crippen LogP contribution in [0.25, 0.3) is 0 Å². The van der Waals surface area contributed by atoms with Crippen molar-refractivity contribution in [2.75, 3.05) is 0 Å². The highest BCUT2D eigenvalue weighted by Gasteiger charge is 2.30. The monoisotopic (exact) mass is 268 g/mol. The Kier molecular flexibility index (Phi) is 5.94. The summed E-state index contributed by atoms with van der Waals surface area (Å²) in [4.78, 5) is 11.3. The maximum atomic E-state index is 13.1. The molecule has 102 valence electrons. The maximum Gasteiger partial charge on any atom is 0.200 e. The normalized spacial score (nSPS) is 10.1. The van der Waals surface area contributed by atoms with Crippen LogP contribution in [0.5, 0.6) is 0 Å². The molecule has 0 aliphatic heterocycles. The van der Waals surface area contributed by atoms with Crippen LogP contribution in [0.1, 0.15) is 38.1 Å². The minimum atomic E-state index is -2.27. The minimum absolute atomic E-state index is 0.867. The van der Waals surface area contributed by atoms with Crippen molar-refractivity contribution in [2.24, 2.45) is 5.92 Å². The molecule has 0 unspecified atom stereocenters. The van der Waals surface area contributed by atoms with Gasteiger partial charge in [0.1, 0.15) is 0 Å². The fraction of sp³-hybridized carbons (Fsp3) is 0.417. The predicted molar refractivity (Wildman–Crippen MR) is 56.7 cm³/mol. The van der Waals surface area contributed by atoms with Crippen LogP contribution in [0.3, 0.4) is 0 Å². The van der Waals surface area contributed by atoms with E-state index < -0.39 is 46.4 Å². The molecule has 1 nitrogen and oxygen atoms in total. The van der Waals surface area contributed by atoms with Gasteiger partial charge in [-0.15, -0.1) is 0 Å². The van der Waals surface area contributed by atoms with Gasteiger partial charge in [-0.3, -0.25) is 4.79 Å². The molecule has 0 aliphatic carbocycles. The topological polar surface area (TPSA) is 17.1 Å². The SMILES string of the molecule is CC.CC(C)C(=O)c1c(F)c(F)c(F)c(F)c1F. The molecule has 0 radical (unpaired) electrons. The molecule has 0 bridgehead atoms. The number of halogens is 5. The van der Waals surface area contributed by atoms with Gasteiger partial charge < -0.3 is 0 Å². The number of hydrogen-bond acceptors (Lipinski definition) is 1. The molecule has 0 saturated carbocycles. The van der Waals surface area contributed by atoms with Gasteiger partial charge in [-0.2, -0.15) is 0 Å². The molecule has 0 spiro atoms. The molecule has 0 atom stereocenters. The average Bonchev–Trinajstić information content (AvgIpc) is 2.36. The molecule has 0 heterocycles. The second-order valence-corrected chi connectivity index (χ2v) is 3.46. The van der Waals surface area contributed by atoms with E-state index in [0.717, 1.165) is 0 Å². The van der Waals surface area contributed by atoms with Crippen molar-refractivity contribution in [3.63, 3.8) is 0 Å². The Balaban J connectivity index is 0.00000137. The lowest BCUT2D eigenvalue weighted by atomic mass is 9.99. The van der Waals surface area contributed by atoms with Crippen LogP contribution in [0.2, 0.25) is 0 Å². The number of ketones is 1. The number of Topliss-reactive ketones (excluding diaryl/α,β-unsaturated/α-hetero) is 1. The van der Waals surface area contributed by atoms with Crippen LogP contribution in [-0.2, 0) is 0 Å². The van der Waals surface area contributed by atoms with Gasteiger partial charge in [0, 0.05) is 5.92 Å². The molecule has 0 saturated heterocycles.